The zero-order chi connectivity index (χ0) is 14.5. The summed E-state index contributed by atoms with van der Waals surface area (Å²) in [6.45, 7) is 2.48. The first kappa shape index (κ1) is 14.1. The number of non-ortho nitro benzene ring substituents is 1. The van der Waals surface area contributed by atoms with E-state index in [0.717, 1.165) is 11.1 Å². The molecule has 0 spiro atoms. The molecule has 0 saturated carbocycles. The van der Waals surface area contributed by atoms with E-state index in [0.29, 0.717) is 6.54 Å². The summed E-state index contributed by atoms with van der Waals surface area (Å²) in [5.74, 6) is -0.264. The van der Waals surface area contributed by atoms with Crippen molar-refractivity contribution < 1.29 is 9.31 Å². The minimum Gasteiger partial charge on any atom is -0.306 e. The molecule has 20 heavy (non-hydrogen) atoms. The van der Waals surface area contributed by atoms with Crippen LogP contribution in [0.4, 0.5) is 10.1 Å². The lowest BCUT2D eigenvalue weighted by Gasteiger charge is -2.14. The third kappa shape index (κ3) is 3.61. The standard InChI is InChI=1S/C15H15FN2O2/c1-11(13-5-7-14(16)8-6-13)17-10-12-3-2-4-15(9-12)18(19)20/h2-9,11,17H,10H2,1H3/t11-/m0/s1. The van der Waals surface area contributed by atoms with Crippen LogP contribution in [0, 0.1) is 15.9 Å². The monoisotopic (exact) mass is 274 g/mol. The molecule has 0 aliphatic rings. The second-order valence-electron chi connectivity index (χ2n) is 4.58. The first-order valence-electron chi connectivity index (χ1n) is 6.28. The molecule has 1 N–H and O–H groups in total. The van der Waals surface area contributed by atoms with E-state index in [1.165, 1.54) is 18.2 Å². The van der Waals surface area contributed by atoms with Crippen molar-refractivity contribution in [3.8, 4) is 0 Å². The van der Waals surface area contributed by atoms with Gasteiger partial charge < -0.3 is 5.32 Å². The topological polar surface area (TPSA) is 55.2 Å². The average molecular weight is 274 g/mol. The number of nitrogens with zero attached hydrogens (tertiary/aromatic N) is 1. The number of hydrogen-bond donors (Lipinski definition) is 1. The van der Waals surface area contributed by atoms with Crippen LogP contribution in [0.3, 0.4) is 0 Å². The Hall–Kier alpha value is -2.27. The molecule has 104 valence electrons. The van der Waals surface area contributed by atoms with Crippen molar-refractivity contribution in [2.75, 3.05) is 0 Å². The normalized spacial score (nSPS) is 12.1. The summed E-state index contributed by atoms with van der Waals surface area (Å²) in [5.41, 5.74) is 1.89. The van der Waals surface area contributed by atoms with Crippen molar-refractivity contribution in [1.29, 1.82) is 0 Å². The summed E-state index contributed by atoms with van der Waals surface area (Å²) >= 11 is 0. The first-order valence-corrected chi connectivity index (χ1v) is 6.28. The molecular formula is C15H15FN2O2. The van der Waals surface area contributed by atoms with Gasteiger partial charge in [-0.3, -0.25) is 10.1 Å². The molecule has 1 atom stereocenters. The third-order valence-electron chi connectivity index (χ3n) is 3.10. The van der Waals surface area contributed by atoms with Gasteiger partial charge in [0.15, 0.2) is 0 Å². The maximum atomic E-state index is 12.8. The highest BCUT2D eigenvalue weighted by molar-refractivity contribution is 5.34. The highest BCUT2D eigenvalue weighted by atomic mass is 19.1. The Labute approximate surface area is 116 Å². The van der Waals surface area contributed by atoms with E-state index in [2.05, 4.69) is 5.32 Å². The predicted molar refractivity (Wildman–Crippen MR) is 74.8 cm³/mol. The molecule has 0 aliphatic heterocycles. The fourth-order valence-corrected chi connectivity index (χ4v) is 1.92. The summed E-state index contributed by atoms with van der Waals surface area (Å²) in [5, 5.41) is 14.0. The molecule has 0 unspecified atom stereocenters. The lowest BCUT2D eigenvalue weighted by atomic mass is 10.1. The van der Waals surface area contributed by atoms with Gasteiger partial charge in [-0.2, -0.15) is 0 Å². The Kier molecular flexibility index (Phi) is 4.42. The SMILES string of the molecule is C[C@H](NCc1cccc([N+](=O)[O-])c1)c1ccc(F)cc1. The number of nitro groups is 1. The second-order valence-corrected chi connectivity index (χ2v) is 4.58. The van der Waals surface area contributed by atoms with Crippen LogP contribution >= 0.6 is 0 Å². The van der Waals surface area contributed by atoms with Crippen LogP contribution in [0.2, 0.25) is 0 Å². The molecule has 0 bridgehead atoms. The summed E-state index contributed by atoms with van der Waals surface area (Å²) in [6, 6.07) is 12.8. The fraction of sp³-hybridized carbons (Fsp3) is 0.200. The number of nitrogens with one attached hydrogen (secondary N) is 1. The van der Waals surface area contributed by atoms with Gasteiger partial charge in [0.1, 0.15) is 5.82 Å². The average Bonchev–Trinajstić information content (AvgIpc) is 2.46. The van der Waals surface area contributed by atoms with Crippen LogP contribution in [-0.2, 0) is 6.54 Å². The quantitative estimate of drug-likeness (QED) is 0.669. The fourth-order valence-electron chi connectivity index (χ4n) is 1.92. The Bertz CT molecular complexity index is 599. The highest BCUT2D eigenvalue weighted by Crippen LogP contribution is 2.16. The van der Waals surface area contributed by atoms with Crippen LogP contribution in [0.15, 0.2) is 48.5 Å². The number of hydrogen-bond acceptors (Lipinski definition) is 3. The molecule has 0 aromatic heterocycles. The van der Waals surface area contributed by atoms with Gasteiger partial charge in [-0.15, -0.1) is 0 Å². The second kappa shape index (κ2) is 6.25. The summed E-state index contributed by atoms with van der Waals surface area (Å²) in [4.78, 5) is 10.3. The minimum absolute atomic E-state index is 0.0369. The Morgan fingerprint density at radius 1 is 1.25 bits per heavy atom. The zero-order valence-electron chi connectivity index (χ0n) is 11.0. The molecule has 2 rings (SSSR count). The summed E-state index contributed by atoms with van der Waals surface area (Å²) in [6.07, 6.45) is 0. The van der Waals surface area contributed by atoms with Gasteiger partial charge in [-0.25, -0.2) is 4.39 Å². The van der Waals surface area contributed by atoms with E-state index in [1.807, 2.05) is 13.0 Å². The van der Waals surface area contributed by atoms with Gasteiger partial charge in [0.2, 0.25) is 0 Å². The summed E-state index contributed by atoms with van der Waals surface area (Å²) in [7, 11) is 0. The van der Waals surface area contributed by atoms with E-state index in [-0.39, 0.29) is 17.5 Å². The van der Waals surface area contributed by atoms with Crippen molar-refractivity contribution in [2.24, 2.45) is 0 Å². The molecule has 2 aromatic carbocycles. The third-order valence-corrected chi connectivity index (χ3v) is 3.10. The van der Waals surface area contributed by atoms with E-state index >= 15 is 0 Å². The Morgan fingerprint density at radius 3 is 2.60 bits per heavy atom. The van der Waals surface area contributed by atoms with E-state index in [9.17, 15) is 14.5 Å². The van der Waals surface area contributed by atoms with Crippen LogP contribution in [0.5, 0.6) is 0 Å². The summed E-state index contributed by atoms with van der Waals surface area (Å²) < 4.78 is 12.8. The highest BCUT2D eigenvalue weighted by Gasteiger charge is 2.08. The molecule has 0 amide bonds. The molecule has 4 nitrogen and oxygen atoms in total. The Balaban J connectivity index is 1.99. The van der Waals surface area contributed by atoms with Crippen LogP contribution in [0.25, 0.3) is 0 Å². The van der Waals surface area contributed by atoms with E-state index in [1.54, 1.807) is 24.3 Å². The van der Waals surface area contributed by atoms with Gasteiger partial charge in [0.05, 0.1) is 4.92 Å². The van der Waals surface area contributed by atoms with Gasteiger partial charge in [0.25, 0.3) is 5.69 Å². The number of benzene rings is 2. The number of rotatable bonds is 5. The maximum Gasteiger partial charge on any atom is 0.269 e. The van der Waals surface area contributed by atoms with Gasteiger partial charge in [-0.05, 0) is 30.2 Å². The van der Waals surface area contributed by atoms with Crippen LogP contribution in [-0.4, -0.2) is 4.92 Å². The van der Waals surface area contributed by atoms with Gasteiger partial charge in [-0.1, -0.05) is 24.3 Å². The molecule has 0 heterocycles. The maximum absolute atomic E-state index is 12.8. The van der Waals surface area contributed by atoms with Crippen LogP contribution < -0.4 is 5.32 Å². The van der Waals surface area contributed by atoms with Crippen molar-refractivity contribution >= 4 is 5.69 Å². The van der Waals surface area contributed by atoms with Gasteiger partial charge >= 0.3 is 0 Å². The van der Waals surface area contributed by atoms with E-state index < -0.39 is 4.92 Å². The molecule has 0 saturated heterocycles. The zero-order valence-corrected chi connectivity index (χ0v) is 11.0. The van der Waals surface area contributed by atoms with Crippen molar-refractivity contribution in [2.45, 2.75) is 19.5 Å². The van der Waals surface area contributed by atoms with Gasteiger partial charge in [0, 0.05) is 24.7 Å². The van der Waals surface area contributed by atoms with Crippen molar-refractivity contribution in [3.05, 3.63) is 75.6 Å². The van der Waals surface area contributed by atoms with Crippen LogP contribution in [0.1, 0.15) is 24.1 Å². The predicted octanol–water partition coefficient (Wildman–Crippen LogP) is 3.58. The number of halogens is 1. The van der Waals surface area contributed by atoms with Crippen molar-refractivity contribution in [1.82, 2.24) is 5.32 Å². The molecule has 0 radical (unpaired) electrons. The number of nitro benzene ring substituents is 1. The molecule has 2 aromatic rings. The first-order chi connectivity index (χ1) is 9.56. The molecule has 5 heteroatoms. The molecular weight excluding hydrogens is 259 g/mol. The molecule has 0 fully saturated rings. The van der Waals surface area contributed by atoms with Crippen molar-refractivity contribution in [3.63, 3.8) is 0 Å². The minimum atomic E-state index is -0.410. The lowest BCUT2D eigenvalue weighted by Crippen LogP contribution is -2.18. The van der Waals surface area contributed by atoms with E-state index in [4.69, 9.17) is 0 Å². The Morgan fingerprint density at radius 2 is 1.95 bits per heavy atom. The molecule has 0 aliphatic carbocycles. The largest absolute Gasteiger partial charge is 0.306 e. The smallest absolute Gasteiger partial charge is 0.269 e. The lowest BCUT2D eigenvalue weighted by molar-refractivity contribution is -0.384.